The van der Waals surface area contributed by atoms with E-state index in [-0.39, 0.29) is 19.4 Å². The number of amidine groups is 1. The lowest BCUT2D eigenvalue weighted by Crippen LogP contribution is -2.53. The average Bonchev–Trinajstić information content (AvgIpc) is 2.69. The van der Waals surface area contributed by atoms with Crippen LogP contribution in [-0.4, -0.2) is 75.0 Å². The van der Waals surface area contributed by atoms with E-state index in [0.29, 0.717) is 5.06 Å². The van der Waals surface area contributed by atoms with Crippen LogP contribution in [0.1, 0.15) is 12.8 Å². The van der Waals surface area contributed by atoms with Crippen molar-refractivity contribution in [3.63, 3.8) is 0 Å². The Morgan fingerprint density at radius 2 is 1.92 bits per heavy atom. The lowest BCUT2D eigenvalue weighted by Gasteiger charge is -2.30. The molecule has 0 aromatic heterocycles. The van der Waals surface area contributed by atoms with E-state index in [1.165, 1.54) is 4.72 Å². The van der Waals surface area contributed by atoms with Gasteiger partial charge < -0.3 is 9.64 Å². The van der Waals surface area contributed by atoms with Crippen molar-refractivity contribution in [1.82, 2.24) is 19.4 Å². The highest BCUT2D eigenvalue weighted by atomic mass is 32.3. The van der Waals surface area contributed by atoms with E-state index in [1.807, 2.05) is 0 Å². The van der Waals surface area contributed by atoms with Crippen molar-refractivity contribution in [2.24, 2.45) is 0 Å². The van der Waals surface area contributed by atoms with Crippen LogP contribution in [0.4, 0.5) is 9.59 Å². The predicted molar refractivity (Wildman–Crippen MR) is 78.7 cm³/mol. The minimum atomic E-state index is -4.91. The largest absolute Gasteiger partial charge is 0.452 e. The van der Waals surface area contributed by atoms with Crippen LogP contribution in [0.3, 0.4) is 0 Å². The molecule has 3 amide bonds. The number of methoxy groups -OCH3 is 1. The molecule has 2 aliphatic heterocycles. The second kappa shape index (κ2) is 6.62. The quantitative estimate of drug-likeness (QED) is 0.232. The van der Waals surface area contributed by atoms with Gasteiger partial charge >= 0.3 is 32.7 Å². The first-order valence-corrected chi connectivity index (χ1v) is 9.52. The summed E-state index contributed by atoms with van der Waals surface area (Å²) in [6.07, 6.45) is -0.952. The molecule has 4 N–H and O–H groups in total. The molecule has 2 rings (SSSR count). The van der Waals surface area contributed by atoms with Gasteiger partial charge in [0, 0.05) is 6.54 Å². The van der Waals surface area contributed by atoms with Crippen LogP contribution >= 0.6 is 0 Å². The van der Waals surface area contributed by atoms with Crippen molar-refractivity contribution < 1.29 is 40.0 Å². The standard InChI is InChI=1S/C9H15N5O9S2/c1-22-8(15)12-24(17,18)11-7(10)6-3-2-5-4-13(6)9(16)14(5)23-25(19,20)21/h5-6H,2-4H2,1H3,(H2,10,11)(H,12,15)(H,19,20,21)/t5-,6+/m1/s1. The van der Waals surface area contributed by atoms with Crippen LogP contribution in [0.2, 0.25) is 0 Å². The Bertz CT molecular complexity index is 794. The molecule has 0 aromatic carbocycles. The summed E-state index contributed by atoms with van der Waals surface area (Å²) in [5, 5.41) is 8.29. The Balaban J connectivity index is 2.09. The molecule has 2 aliphatic rings. The van der Waals surface area contributed by atoms with Crippen molar-refractivity contribution in [1.29, 1.82) is 5.41 Å². The topological polar surface area (TPSA) is 195 Å². The third-order valence-electron chi connectivity index (χ3n) is 3.48. The Kier molecular flexibility index (Phi) is 5.07. The van der Waals surface area contributed by atoms with Crippen molar-refractivity contribution in [2.75, 3.05) is 13.7 Å². The predicted octanol–water partition coefficient (Wildman–Crippen LogP) is -1.84. The van der Waals surface area contributed by atoms with E-state index in [4.69, 9.17) is 9.96 Å². The number of amides is 3. The Hall–Kier alpha value is -2.17. The number of carbonyl (C=O) groups is 2. The molecule has 0 saturated carbocycles. The fraction of sp³-hybridized carbons (Fsp3) is 0.667. The molecule has 2 atom stereocenters. The van der Waals surface area contributed by atoms with E-state index >= 15 is 0 Å². The summed E-state index contributed by atoms with van der Waals surface area (Å²) >= 11 is 0. The minimum absolute atomic E-state index is 0.0342. The molecule has 0 radical (unpaired) electrons. The van der Waals surface area contributed by atoms with E-state index in [0.717, 1.165) is 12.0 Å². The third-order valence-corrected chi connectivity index (χ3v) is 4.75. The second-order valence-electron chi connectivity index (χ2n) is 5.12. The van der Waals surface area contributed by atoms with Gasteiger partial charge in [-0.25, -0.2) is 14.3 Å². The Morgan fingerprint density at radius 3 is 2.48 bits per heavy atom. The zero-order valence-electron chi connectivity index (χ0n) is 12.7. The summed E-state index contributed by atoms with van der Waals surface area (Å²) in [7, 11) is -8.40. The number of nitrogens with one attached hydrogen (secondary N) is 3. The maximum atomic E-state index is 12.2. The van der Waals surface area contributed by atoms with Crippen LogP contribution in [0, 0.1) is 5.41 Å². The normalized spacial score (nSPS) is 23.4. The van der Waals surface area contributed by atoms with Gasteiger partial charge in [0.1, 0.15) is 5.84 Å². The van der Waals surface area contributed by atoms with Gasteiger partial charge in [0.25, 0.3) is 0 Å². The number of fused-ring (bicyclic) bond motifs is 2. The molecule has 2 bridgehead atoms. The number of nitrogens with zero attached hydrogens (tertiary/aromatic N) is 2. The average molecular weight is 401 g/mol. The molecular formula is C9H15N5O9S2. The van der Waals surface area contributed by atoms with Crippen molar-refractivity contribution in [3.05, 3.63) is 0 Å². The molecule has 142 valence electrons. The number of piperidine rings is 1. The van der Waals surface area contributed by atoms with Gasteiger partial charge in [-0.2, -0.15) is 21.9 Å². The highest BCUT2D eigenvalue weighted by Gasteiger charge is 2.48. The highest BCUT2D eigenvalue weighted by molar-refractivity contribution is 7.88. The molecular weight excluding hydrogens is 386 g/mol. The molecule has 0 aliphatic carbocycles. The van der Waals surface area contributed by atoms with E-state index in [2.05, 4.69) is 9.02 Å². The SMILES string of the molecule is COC(=O)NS(=O)(=O)NC(=N)[C@@H]1CC[C@@H]2CN1C(=O)N2OS(=O)(=O)O. The van der Waals surface area contributed by atoms with Gasteiger partial charge in [0.05, 0.1) is 19.2 Å². The van der Waals surface area contributed by atoms with Crippen LogP contribution in [-0.2, 0) is 29.6 Å². The van der Waals surface area contributed by atoms with Gasteiger partial charge in [-0.15, -0.1) is 4.28 Å². The lowest BCUT2D eigenvalue weighted by molar-refractivity contribution is -0.0316. The number of ether oxygens (including phenoxy) is 1. The molecule has 0 unspecified atom stereocenters. The van der Waals surface area contributed by atoms with Gasteiger partial charge in [0.15, 0.2) is 0 Å². The monoisotopic (exact) mass is 401 g/mol. The molecule has 2 fully saturated rings. The smallest absolute Gasteiger partial charge is 0.422 e. The van der Waals surface area contributed by atoms with Crippen LogP contribution in [0.5, 0.6) is 0 Å². The van der Waals surface area contributed by atoms with Crippen molar-refractivity contribution in [3.8, 4) is 0 Å². The molecule has 25 heavy (non-hydrogen) atoms. The lowest BCUT2D eigenvalue weighted by atomic mass is 10.0. The summed E-state index contributed by atoms with van der Waals surface area (Å²) in [6.45, 7) is -0.0342. The first-order valence-electron chi connectivity index (χ1n) is 6.67. The Morgan fingerprint density at radius 1 is 1.28 bits per heavy atom. The maximum absolute atomic E-state index is 12.2. The summed E-state index contributed by atoms with van der Waals surface area (Å²) in [6, 6.07) is -2.65. The van der Waals surface area contributed by atoms with E-state index in [1.54, 1.807) is 4.72 Å². The summed E-state index contributed by atoms with van der Waals surface area (Å²) in [5.74, 6) is -0.614. The number of urea groups is 1. The van der Waals surface area contributed by atoms with E-state index < -0.39 is 50.7 Å². The van der Waals surface area contributed by atoms with Gasteiger partial charge in [0.2, 0.25) is 0 Å². The summed E-state index contributed by atoms with van der Waals surface area (Å²) in [4.78, 5) is 24.1. The van der Waals surface area contributed by atoms with Gasteiger partial charge in [-0.1, -0.05) is 0 Å². The number of hydrogen-bond acceptors (Lipinski definition) is 9. The molecule has 2 saturated heterocycles. The van der Waals surface area contributed by atoms with Crippen LogP contribution in [0.15, 0.2) is 0 Å². The number of carbonyl (C=O) groups excluding carboxylic acids is 2. The van der Waals surface area contributed by atoms with Gasteiger partial charge in [-0.05, 0) is 12.8 Å². The fourth-order valence-corrected chi connectivity index (χ4v) is 3.69. The molecule has 0 spiro atoms. The first kappa shape index (κ1) is 19.2. The first-order chi connectivity index (χ1) is 11.4. The fourth-order valence-electron chi connectivity index (χ4n) is 2.52. The van der Waals surface area contributed by atoms with Crippen LogP contribution < -0.4 is 9.44 Å². The zero-order valence-corrected chi connectivity index (χ0v) is 14.3. The van der Waals surface area contributed by atoms with Crippen molar-refractivity contribution in [2.45, 2.75) is 24.9 Å². The summed E-state index contributed by atoms with van der Waals surface area (Å²) in [5.41, 5.74) is 0. The summed E-state index contributed by atoms with van der Waals surface area (Å²) < 4.78 is 65.2. The number of rotatable bonds is 5. The second-order valence-corrected chi connectivity index (χ2v) is 7.54. The maximum Gasteiger partial charge on any atom is 0.422 e. The molecule has 14 nitrogen and oxygen atoms in total. The number of hydroxylamine groups is 2. The highest BCUT2D eigenvalue weighted by Crippen LogP contribution is 2.30. The van der Waals surface area contributed by atoms with Crippen molar-refractivity contribution >= 4 is 38.6 Å². The third kappa shape index (κ3) is 4.47. The minimum Gasteiger partial charge on any atom is -0.452 e. The zero-order chi connectivity index (χ0) is 19.0. The Labute approximate surface area is 142 Å². The molecule has 16 heteroatoms. The molecule has 2 heterocycles. The van der Waals surface area contributed by atoms with Crippen LogP contribution in [0.25, 0.3) is 0 Å². The van der Waals surface area contributed by atoms with Gasteiger partial charge in [-0.3, -0.25) is 14.7 Å². The molecule has 0 aromatic rings. The van der Waals surface area contributed by atoms with E-state index in [9.17, 15) is 26.4 Å². The number of hydrogen-bond donors (Lipinski definition) is 4.